The molecule has 3 rings (SSSR count). The number of nitro benzene ring substituents is 1. The third kappa shape index (κ3) is 1.78. The SMILES string of the molecule is O=[N+]([O-])c1cccc2c1Nc1ccccc1[Te]2. The van der Waals surface area contributed by atoms with Gasteiger partial charge in [0.2, 0.25) is 0 Å². The fraction of sp³-hybridized carbons (Fsp3) is 0. The minimum absolute atomic E-state index is 0.169. The van der Waals surface area contributed by atoms with Crippen molar-refractivity contribution in [2.24, 2.45) is 0 Å². The maximum absolute atomic E-state index is 11.0. The molecular weight excluding hydrogens is 332 g/mol. The Kier molecular flexibility index (Phi) is 2.50. The van der Waals surface area contributed by atoms with Gasteiger partial charge in [0.05, 0.1) is 0 Å². The number of fused-ring (bicyclic) bond motifs is 2. The van der Waals surface area contributed by atoms with E-state index in [9.17, 15) is 10.1 Å². The number of hydrogen-bond acceptors (Lipinski definition) is 3. The van der Waals surface area contributed by atoms with Crippen molar-refractivity contribution < 1.29 is 4.92 Å². The summed E-state index contributed by atoms with van der Waals surface area (Å²) < 4.78 is 2.40. The molecule has 4 nitrogen and oxygen atoms in total. The average molecular weight is 340 g/mol. The van der Waals surface area contributed by atoms with E-state index in [0.29, 0.717) is 5.69 Å². The number of anilines is 2. The van der Waals surface area contributed by atoms with Crippen LogP contribution in [0.3, 0.4) is 0 Å². The first kappa shape index (κ1) is 10.6. The van der Waals surface area contributed by atoms with Gasteiger partial charge < -0.3 is 0 Å². The molecule has 0 unspecified atom stereocenters. The van der Waals surface area contributed by atoms with E-state index in [1.165, 1.54) is 3.61 Å². The number of nitrogens with one attached hydrogen (secondary N) is 1. The molecule has 84 valence electrons. The molecule has 0 aromatic heterocycles. The van der Waals surface area contributed by atoms with E-state index in [4.69, 9.17) is 0 Å². The number of rotatable bonds is 1. The van der Waals surface area contributed by atoms with Gasteiger partial charge in [-0.1, -0.05) is 0 Å². The molecule has 0 atom stereocenters. The molecule has 1 aliphatic heterocycles. The zero-order valence-corrected chi connectivity index (χ0v) is 11.0. The topological polar surface area (TPSA) is 55.2 Å². The molecule has 0 saturated heterocycles. The standard InChI is InChI=1S/C12H8N2O2Te/c15-14(16)9-5-3-7-11-12(9)13-8-4-1-2-6-10(8)17-11/h1-7,13H. The van der Waals surface area contributed by atoms with Crippen molar-refractivity contribution in [2.45, 2.75) is 0 Å². The van der Waals surface area contributed by atoms with E-state index in [2.05, 4.69) is 11.4 Å². The molecule has 2 aromatic carbocycles. The molecule has 0 radical (unpaired) electrons. The van der Waals surface area contributed by atoms with Crippen LogP contribution < -0.4 is 12.5 Å². The van der Waals surface area contributed by atoms with Gasteiger partial charge in [-0.15, -0.1) is 0 Å². The molecule has 1 aliphatic rings. The summed E-state index contributed by atoms with van der Waals surface area (Å²) in [6, 6.07) is 13.3. The van der Waals surface area contributed by atoms with Crippen LogP contribution in [0.2, 0.25) is 0 Å². The Morgan fingerprint density at radius 3 is 2.65 bits per heavy atom. The van der Waals surface area contributed by atoms with Crippen molar-refractivity contribution in [2.75, 3.05) is 5.32 Å². The van der Waals surface area contributed by atoms with Crippen molar-refractivity contribution in [3.8, 4) is 0 Å². The Balaban J connectivity index is 2.15. The predicted molar refractivity (Wildman–Crippen MR) is 67.8 cm³/mol. The van der Waals surface area contributed by atoms with Gasteiger partial charge in [0, 0.05) is 0 Å². The summed E-state index contributed by atoms with van der Waals surface area (Å²) in [5.41, 5.74) is 1.86. The fourth-order valence-corrected chi connectivity index (χ4v) is 4.70. The fourth-order valence-electron chi connectivity index (χ4n) is 1.79. The first-order chi connectivity index (χ1) is 8.25. The molecule has 1 heterocycles. The van der Waals surface area contributed by atoms with E-state index < -0.39 is 20.9 Å². The summed E-state index contributed by atoms with van der Waals surface area (Å²) >= 11 is -0.529. The van der Waals surface area contributed by atoms with Crippen molar-refractivity contribution in [1.82, 2.24) is 0 Å². The van der Waals surface area contributed by atoms with Gasteiger partial charge in [0.1, 0.15) is 0 Å². The second-order valence-electron chi connectivity index (χ2n) is 3.63. The first-order valence-corrected chi connectivity index (χ1v) is 7.40. The van der Waals surface area contributed by atoms with E-state index in [1.807, 2.05) is 24.3 Å². The van der Waals surface area contributed by atoms with Gasteiger partial charge in [-0.25, -0.2) is 0 Å². The maximum atomic E-state index is 11.0. The van der Waals surface area contributed by atoms with Crippen LogP contribution in [-0.4, -0.2) is 25.8 Å². The first-order valence-electron chi connectivity index (χ1n) is 5.07. The monoisotopic (exact) mass is 342 g/mol. The molecule has 5 heteroatoms. The number of nitrogens with zero attached hydrogens (tertiary/aromatic N) is 1. The van der Waals surface area contributed by atoms with Crippen molar-refractivity contribution in [1.29, 1.82) is 0 Å². The van der Waals surface area contributed by atoms with Gasteiger partial charge in [0.25, 0.3) is 0 Å². The molecule has 0 bridgehead atoms. The summed E-state index contributed by atoms with van der Waals surface area (Å²) in [5.74, 6) is 0. The van der Waals surface area contributed by atoms with Crippen LogP contribution in [-0.2, 0) is 0 Å². The van der Waals surface area contributed by atoms with Gasteiger partial charge in [-0.05, 0) is 0 Å². The third-order valence-corrected chi connectivity index (χ3v) is 5.81. The zero-order valence-electron chi connectivity index (χ0n) is 8.71. The molecule has 0 fully saturated rings. The molecule has 0 spiro atoms. The molecule has 1 N–H and O–H groups in total. The number of nitro groups is 1. The molecule has 0 aliphatic carbocycles. The van der Waals surface area contributed by atoms with Gasteiger partial charge in [-0.2, -0.15) is 0 Å². The average Bonchev–Trinajstić information content (AvgIpc) is 2.35. The van der Waals surface area contributed by atoms with Crippen molar-refractivity contribution >= 4 is 45.2 Å². The molecule has 0 amide bonds. The summed E-state index contributed by atoms with van der Waals surface area (Å²) in [7, 11) is 0. The Morgan fingerprint density at radius 1 is 1.06 bits per heavy atom. The molecule has 0 saturated carbocycles. The second kappa shape index (κ2) is 4.02. The zero-order chi connectivity index (χ0) is 11.8. The van der Waals surface area contributed by atoms with Gasteiger partial charge in [0.15, 0.2) is 0 Å². The minimum atomic E-state index is -0.529. The van der Waals surface area contributed by atoms with Crippen LogP contribution in [0.1, 0.15) is 0 Å². The van der Waals surface area contributed by atoms with E-state index >= 15 is 0 Å². The van der Waals surface area contributed by atoms with E-state index in [0.717, 1.165) is 9.30 Å². The van der Waals surface area contributed by atoms with Crippen LogP contribution in [0.15, 0.2) is 42.5 Å². The Morgan fingerprint density at radius 2 is 1.82 bits per heavy atom. The van der Waals surface area contributed by atoms with Crippen LogP contribution in [0.4, 0.5) is 17.1 Å². The van der Waals surface area contributed by atoms with E-state index in [-0.39, 0.29) is 10.6 Å². The summed E-state index contributed by atoms with van der Waals surface area (Å²) in [5, 5.41) is 14.1. The van der Waals surface area contributed by atoms with Crippen molar-refractivity contribution in [3.05, 3.63) is 52.6 Å². The van der Waals surface area contributed by atoms with Gasteiger partial charge >= 0.3 is 108 Å². The summed E-state index contributed by atoms with van der Waals surface area (Å²) in [4.78, 5) is 10.6. The van der Waals surface area contributed by atoms with Crippen LogP contribution in [0, 0.1) is 10.1 Å². The van der Waals surface area contributed by atoms with Gasteiger partial charge in [-0.3, -0.25) is 0 Å². The number of hydrogen-bond donors (Lipinski definition) is 1. The summed E-state index contributed by atoms with van der Waals surface area (Å²) in [6.45, 7) is 0. The van der Waals surface area contributed by atoms with E-state index in [1.54, 1.807) is 12.1 Å². The molecular formula is C12H8N2O2Te. The Hall–Kier alpha value is -1.57. The number of benzene rings is 2. The van der Waals surface area contributed by atoms with Crippen LogP contribution in [0.5, 0.6) is 0 Å². The normalized spacial score (nSPS) is 12.2. The van der Waals surface area contributed by atoms with Crippen LogP contribution in [0.25, 0.3) is 0 Å². The quantitative estimate of drug-likeness (QED) is 0.413. The molecule has 2 aromatic rings. The Bertz CT molecular complexity index is 613. The summed E-state index contributed by atoms with van der Waals surface area (Å²) in [6.07, 6.45) is 0. The predicted octanol–water partition coefficient (Wildman–Crippen LogP) is 1.31. The van der Waals surface area contributed by atoms with Crippen LogP contribution >= 0.6 is 0 Å². The number of para-hydroxylation sites is 2. The third-order valence-electron chi connectivity index (χ3n) is 2.57. The second-order valence-corrected chi connectivity index (χ2v) is 6.72. The Labute approximate surface area is 108 Å². The van der Waals surface area contributed by atoms with Crippen molar-refractivity contribution in [3.63, 3.8) is 0 Å². The molecule has 17 heavy (non-hydrogen) atoms.